The van der Waals surface area contributed by atoms with Crippen molar-refractivity contribution in [3.63, 3.8) is 0 Å². The monoisotopic (exact) mass is 389 g/mol. The number of hydrogen-bond donors (Lipinski definition) is 1. The average molecular weight is 390 g/mol. The van der Waals surface area contributed by atoms with Crippen LogP contribution in [0.1, 0.15) is 39.5 Å². The Hall–Kier alpha value is -1.86. The van der Waals surface area contributed by atoms with Gasteiger partial charge in [0.05, 0.1) is 16.7 Å². The van der Waals surface area contributed by atoms with Gasteiger partial charge in [-0.25, -0.2) is 4.98 Å². The molecule has 2 unspecified atom stereocenters. The number of aliphatic hydroxyl groups is 1. The van der Waals surface area contributed by atoms with E-state index in [1.165, 1.54) is 11.8 Å². The van der Waals surface area contributed by atoms with Crippen LogP contribution in [0.5, 0.6) is 0 Å². The van der Waals surface area contributed by atoms with Crippen LogP contribution in [0, 0.1) is 0 Å². The molecule has 1 aromatic heterocycles. The molecule has 2 heterocycles. The fourth-order valence-electron chi connectivity index (χ4n) is 3.80. The van der Waals surface area contributed by atoms with Crippen molar-refractivity contribution in [1.29, 1.82) is 0 Å². The number of aromatic nitrogens is 2. The van der Waals surface area contributed by atoms with E-state index in [4.69, 9.17) is 5.11 Å². The maximum Gasteiger partial charge on any atom is 0.262 e. The van der Waals surface area contributed by atoms with Crippen molar-refractivity contribution in [1.82, 2.24) is 14.5 Å². The van der Waals surface area contributed by atoms with E-state index in [-0.39, 0.29) is 35.9 Å². The molecule has 0 saturated carbocycles. The van der Waals surface area contributed by atoms with Gasteiger partial charge in [0.2, 0.25) is 5.91 Å². The summed E-state index contributed by atoms with van der Waals surface area (Å²) in [5, 5.41) is 10.3. The van der Waals surface area contributed by atoms with Crippen molar-refractivity contribution in [3.05, 3.63) is 34.6 Å². The van der Waals surface area contributed by atoms with Gasteiger partial charge in [-0.1, -0.05) is 23.9 Å². The molecular weight excluding hydrogens is 362 g/mol. The van der Waals surface area contributed by atoms with Gasteiger partial charge < -0.3 is 10.0 Å². The van der Waals surface area contributed by atoms with Gasteiger partial charge >= 0.3 is 0 Å². The molecule has 27 heavy (non-hydrogen) atoms. The fourth-order valence-corrected chi connectivity index (χ4v) is 4.69. The lowest BCUT2D eigenvalue weighted by Gasteiger charge is -2.39. The third-order valence-corrected chi connectivity index (χ3v) is 6.13. The molecule has 2 atom stereocenters. The van der Waals surface area contributed by atoms with Gasteiger partial charge in [0, 0.05) is 25.2 Å². The molecule has 1 aliphatic heterocycles. The SMILES string of the molecule is CC1CCCC(C)N1C(=O)CSc1nc2ccccc2c(=O)n1CCCO. The maximum atomic E-state index is 12.8. The first-order chi connectivity index (χ1) is 13.0. The lowest BCUT2D eigenvalue weighted by atomic mass is 9.98. The number of benzene rings is 1. The van der Waals surface area contributed by atoms with Gasteiger partial charge in [-0.15, -0.1) is 0 Å². The van der Waals surface area contributed by atoms with Crippen molar-refractivity contribution in [2.24, 2.45) is 0 Å². The molecule has 3 rings (SSSR count). The summed E-state index contributed by atoms with van der Waals surface area (Å²) in [5.74, 6) is 0.356. The molecule has 6 nitrogen and oxygen atoms in total. The Labute approximate surface area is 163 Å². The zero-order valence-corrected chi connectivity index (χ0v) is 16.7. The second kappa shape index (κ2) is 8.89. The van der Waals surface area contributed by atoms with E-state index in [0.717, 1.165) is 19.3 Å². The van der Waals surface area contributed by atoms with Crippen molar-refractivity contribution < 1.29 is 9.90 Å². The molecule has 0 radical (unpaired) electrons. The van der Waals surface area contributed by atoms with Gasteiger partial charge in [-0.05, 0) is 51.7 Å². The van der Waals surface area contributed by atoms with E-state index >= 15 is 0 Å². The summed E-state index contributed by atoms with van der Waals surface area (Å²) in [6.07, 6.45) is 3.71. The summed E-state index contributed by atoms with van der Waals surface area (Å²) in [6, 6.07) is 7.75. The summed E-state index contributed by atoms with van der Waals surface area (Å²) in [4.78, 5) is 32.3. The Morgan fingerprint density at radius 1 is 1.26 bits per heavy atom. The molecule has 0 bridgehead atoms. The van der Waals surface area contributed by atoms with E-state index in [0.29, 0.717) is 29.0 Å². The van der Waals surface area contributed by atoms with E-state index < -0.39 is 0 Å². The van der Waals surface area contributed by atoms with Gasteiger partial charge in [-0.3, -0.25) is 14.2 Å². The molecular formula is C20H27N3O3S. The average Bonchev–Trinajstić information content (AvgIpc) is 2.65. The van der Waals surface area contributed by atoms with Crippen LogP contribution in [-0.4, -0.2) is 49.9 Å². The third-order valence-electron chi connectivity index (χ3n) is 5.17. The van der Waals surface area contributed by atoms with Crippen LogP contribution in [0.4, 0.5) is 0 Å². The molecule has 1 fully saturated rings. The lowest BCUT2D eigenvalue weighted by Crippen LogP contribution is -2.48. The fraction of sp³-hybridized carbons (Fsp3) is 0.550. The van der Waals surface area contributed by atoms with Crippen molar-refractivity contribution >= 4 is 28.6 Å². The van der Waals surface area contributed by atoms with Gasteiger partial charge in [0.25, 0.3) is 5.56 Å². The first kappa shape index (κ1) is 19.9. The standard InChI is InChI=1S/C20H27N3O3S/c1-14-7-5-8-15(2)23(14)18(25)13-27-20-21-17-10-4-3-9-16(17)19(26)22(20)11-6-12-24/h3-4,9-10,14-15,24H,5-8,11-13H2,1-2H3. The van der Waals surface area contributed by atoms with Crippen molar-refractivity contribution in [3.8, 4) is 0 Å². The number of para-hydroxylation sites is 1. The van der Waals surface area contributed by atoms with Gasteiger partial charge in [-0.2, -0.15) is 0 Å². The molecule has 146 valence electrons. The number of fused-ring (bicyclic) bond motifs is 1. The Morgan fingerprint density at radius 2 is 1.96 bits per heavy atom. The number of aliphatic hydroxyl groups excluding tert-OH is 1. The molecule has 1 aliphatic rings. The van der Waals surface area contributed by atoms with Crippen LogP contribution in [0.25, 0.3) is 10.9 Å². The van der Waals surface area contributed by atoms with Crippen LogP contribution >= 0.6 is 11.8 Å². The van der Waals surface area contributed by atoms with Crippen LogP contribution < -0.4 is 5.56 Å². The number of amides is 1. The second-order valence-corrected chi connectivity index (χ2v) is 8.11. The predicted octanol–water partition coefficient (Wildman–Crippen LogP) is 2.66. The summed E-state index contributed by atoms with van der Waals surface area (Å²) in [7, 11) is 0. The lowest BCUT2D eigenvalue weighted by molar-refractivity contribution is -0.134. The van der Waals surface area contributed by atoms with Crippen molar-refractivity contribution in [2.75, 3.05) is 12.4 Å². The van der Waals surface area contributed by atoms with E-state index in [9.17, 15) is 9.59 Å². The summed E-state index contributed by atoms with van der Waals surface area (Å²) >= 11 is 1.31. The molecule has 1 N–H and O–H groups in total. The van der Waals surface area contributed by atoms with Crippen molar-refractivity contribution in [2.45, 2.75) is 63.3 Å². The smallest absolute Gasteiger partial charge is 0.262 e. The second-order valence-electron chi connectivity index (χ2n) is 7.16. The van der Waals surface area contributed by atoms with Crippen LogP contribution in [0.15, 0.2) is 34.2 Å². The Kier molecular flexibility index (Phi) is 6.55. The highest BCUT2D eigenvalue weighted by atomic mass is 32.2. The van der Waals surface area contributed by atoms with Crippen LogP contribution in [0.2, 0.25) is 0 Å². The number of rotatable bonds is 6. The number of nitrogens with zero attached hydrogens (tertiary/aromatic N) is 3. The largest absolute Gasteiger partial charge is 0.396 e. The van der Waals surface area contributed by atoms with E-state index in [2.05, 4.69) is 18.8 Å². The highest BCUT2D eigenvalue weighted by molar-refractivity contribution is 7.99. The number of carbonyl (C=O) groups excluding carboxylic acids is 1. The summed E-state index contributed by atoms with van der Waals surface area (Å²) in [6.45, 7) is 4.60. The Balaban J connectivity index is 1.84. The van der Waals surface area contributed by atoms with E-state index in [1.54, 1.807) is 10.6 Å². The topological polar surface area (TPSA) is 75.4 Å². The Bertz CT molecular complexity index is 857. The normalized spacial score (nSPS) is 20.2. The van der Waals surface area contributed by atoms with Gasteiger partial charge in [0.15, 0.2) is 5.16 Å². The summed E-state index contributed by atoms with van der Waals surface area (Å²) < 4.78 is 1.58. The minimum absolute atomic E-state index is 0.00507. The predicted molar refractivity (Wildman–Crippen MR) is 108 cm³/mol. The number of thioether (sulfide) groups is 1. The minimum atomic E-state index is -0.122. The summed E-state index contributed by atoms with van der Waals surface area (Å²) in [5.41, 5.74) is 0.515. The first-order valence-corrected chi connectivity index (χ1v) is 10.6. The highest BCUT2D eigenvalue weighted by Gasteiger charge is 2.29. The highest BCUT2D eigenvalue weighted by Crippen LogP contribution is 2.25. The molecule has 1 saturated heterocycles. The molecule has 0 spiro atoms. The minimum Gasteiger partial charge on any atom is -0.396 e. The first-order valence-electron chi connectivity index (χ1n) is 9.57. The number of likely N-dealkylation sites (tertiary alicyclic amines) is 1. The van der Waals surface area contributed by atoms with E-state index in [1.807, 2.05) is 23.1 Å². The zero-order chi connectivity index (χ0) is 19.4. The number of hydrogen-bond acceptors (Lipinski definition) is 5. The molecule has 1 amide bonds. The quantitative estimate of drug-likeness (QED) is 0.607. The molecule has 2 aromatic rings. The zero-order valence-electron chi connectivity index (χ0n) is 15.9. The molecule has 7 heteroatoms. The number of carbonyl (C=O) groups is 1. The van der Waals surface area contributed by atoms with Crippen LogP contribution in [0.3, 0.4) is 0 Å². The third kappa shape index (κ3) is 4.35. The molecule has 0 aliphatic carbocycles. The van der Waals surface area contributed by atoms with Crippen LogP contribution in [-0.2, 0) is 11.3 Å². The maximum absolute atomic E-state index is 12.8. The number of piperidine rings is 1. The molecule has 1 aromatic carbocycles. The Morgan fingerprint density at radius 3 is 2.67 bits per heavy atom. The van der Waals surface area contributed by atoms with Gasteiger partial charge in [0.1, 0.15) is 0 Å².